The summed E-state index contributed by atoms with van der Waals surface area (Å²) in [6, 6.07) is 8.88. The molecule has 0 amide bonds. The fourth-order valence-corrected chi connectivity index (χ4v) is 5.59. The van der Waals surface area contributed by atoms with Gasteiger partial charge in [0.2, 0.25) is 15.0 Å². The molecule has 158 valence electrons. The predicted octanol–water partition coefficient (Wildman–Crippen LogP) is 4.14. The first-order valence-corrected chi connectivity index (χ1v) is 12.8. The number of nitrogens with zero attached hydrogens (tertiary/aromatic N) is 3. The normalized spacial score (nSPS) is 11.9. The van der Waals surface area contributed by atoms with Crippen molar-refractivity contribution >= 4 is 37.7 Å². The van der Waals surface area contributed by atoms with Gasteiger partial charge in [0.1, 0.15) is 5.75 Å². The number of aromatic nitrogens is 3. The van der Waals surface area contributed by atoms with Gasteiger partial charge in [0.15, 0.2) is 5.82 Å². The van der Waals surface area contributed by atoms with Crippen LogP contribution in [-0.4, -0.2) is 36.2 Å². The van der Waals surface area contributed by atoms with E-state index in [1.165, 1.54) is 11.3 Å². The molecule has 0 atom stereocenters. The number of nitrogens with one attached hydrogen (secondary N) is 1. The van der Waals surface area contributed by atoms with Crippen LogP contribution in [0.3, 0.4) is 0 Å². The lowest BCUT2D eigenvalue weighted by Crippen LogP contribution is -2.26. The molecule has 0 spiro atoms. The third kappa shape index (κ3) is 4.41. The number of sulfonamides is 1. The van der Waals surface area contributed by atoms with Gasteiger partial charge < -0.3 is 4.74 Å². The number of aryl methyl sites for hydroxylation is 1. The van der Waals surface area contributed by atoms with Crippen LogP contribution < -0.4 is 9.46 Å². The average molecular weight is 463 g/mol. The number of fused-ring (bicyclic) bond motifs is 1. The SMILES string of the molecule is CCCOc1ccc(S(=O)(=O)NCCc2csc3nc(-c4cccs4)nn23)cc1C. The Hall–Kier alpha value is -2.27. The van der Waals surface area contributed by atoms with Gasteiger partial charge in [-0.1, -0.05) is 13.0 Å². The second-order valence-electron chi connectivity index (χ2n) is 6.76. The van der Waals surface area contributed by atoms with Gasteiger partial charge in [-0.15, -0.1) is 27.8 Å². The molecule has 1 aromatic carbocycles. The molecule has 3 aromatic heterocycles. The first kappa shape index (κ1) is 21.0. The molecule has 0 unspecified atom stereocenters. The zero-order valence-corrected chi connectivity index (χ0v) is 19.1. The van der Waals surface area contributed by atoms with E-state index in [1.54, 1.807) is 34.1 Å². The molecule has 0 bridgehead atoms. The van der Waals surface area contributed by atoms with Crippen molar-refractivity contribution in [2.24, 2.45) is 0 Å². The van der Waals surface area contributed by atoms with Crippen molar-refractivity contribution in [1.82, 2.24) is 19.3 Å². The molecule has 30 heavy (non-hydrogen) atoms. The number of thiophene rings is 1. The van der Waals surface area contributed by atoms with E-state index >= 15 is 0 Å². The number of benzene rings is 1. The molecule has 0 saturated heterocycles. The van der Waals surface area contributed by atoms with Crippen LogP contribution in [0.5, 0.6) is 5.75 Å². The monoisotopic (exact) mass is 462 g/mol. The summed E-state index contributed by atoms with van der Waals surface area (Å²) in [5.41, 5.74) is 1.72. The third-order valence-electron chi connectivity index (χ3n) is 4.48. The van der Waals surface area contributed by atoms with Gasteiger partial charge in [-0.05, 0) is 48.6 Å². The second kappa shape index (κ2) is 8.84. The van der Waals surface area contributed by atoms with Crippen LogP contribution in [0.25, 0.3) is 15.7 Å². The number of thiazole rings is 1. The van der Waals surface area contributed by atoms with Gasteiger partial charge in [-0.2, -0.15) is 4.98 Å². The average Bonchev–Trinajstić information content (AvgIpc) is 3.45. The Balaban J connectivity index is 1.43. The molecular formula is C20H22N4O3S3. The highest BCUT2D eigenvalue weighted by Crippen LogP contribution is 2.25. The Morgan fingerprint density at radius 2 is 2.10 bits per heavy atom. The first-order valence-electron chi connectivity index (χ1n) is 9.58. The summed E-state index contributed by atoms with van der Waals surface area (Å²) < 4.78 is 35.5. The maximum absolute atomic E-state index is 12.7. The van der Waals surface area contributed by atoms with Crippen LogP contribution in [0.1, 0.15) is 24.6 Å². The third-order valence-corrected chi connectivity index (χ3v) is 7.67. The van der Waals surface area contributed by atoms with E-state index < -0.39 is 10.0 Å². The Kier molecular flexibility index (Phi) is 6.19. The molecular weight excluding hydrogens is 440 g/mol. The fourth-order valence-electron chi connectivity index (χ4n) is 2.97. The van der Waals surface area contributed by atoms with E-state index in [-0.39, 0.29) is 11.4 Å². The number of hydrogen-bond donors (Lipinski definition) is 1. The molecule has 4 rings (SSSR count). The molecule has 0 aliphatic rings. The predicted molar refractivity (Wildman–Crippen MR) is 120 cm³/mol. The maximum Gasteiger partial charge on any atom is 0.240 e. The van der Waals surface area contributed by atoms with Crippen LogP contribution >= 0.6 is 22.7 Å². The largest absolute Gasteiger partial charge is 0.493 e. The number of hydrogen-bond acceptors (Lipinski definition) is 7. The molecule has 4 aromatic rings. The second-order valence-corrected chi connectivity index (χ2v) is 10.3. The maximum atomic E-state index is 12.7. The van der Waals surface area contributed by atoms with Crippen molar-refractivity contribution in [3.63, 3.8) is 0 Å². The summed E-state index contributed by atoms with van der Waals surface area (Å²) in [4.78, 5) is 6.60. The van der Waals surface area contributed by atoms with Crippen molar-refractivity contribution in [2.45, 2.75) is 31.6 Å². The molecule has 3 heterocycles. The van der Waals surface area contributed by atoms with E-state index in [4.69, 9.17) is 4.74 Å². The molecule has 0 radical (unpaired) electrons. The summed E-state index contributed by atoms with van der Waals surface area (Å²) in [6.07, 6.45) is 1.42. The smallest absolute Gasteiger partial charge is 0.240 e. The van der Waals surface area contributed by atoms with Crippen molar-refractivity contribution in [2.75, 3.05) is 13.2 Å². The standard InChI is InChI=1S/C20H22N4O3S3/c1-3-10-27-17-7-6-16(12-14(17)2)30(25,26)21-9-8-15-13-29-20-22-19(23-24(15)20)18-5-4-11-28-18/h4-7,11-13,21H,3,8-10H2,1-2H3. The molecule has 7 nitrogen and oxygen atoms in total. The van der Waals surface area contributed by atoms with Gasteiger partial charge in [0.25, 0.3) is 0 Å². The molecule has 10 heteroatoms. The Morgan fingerprint density at radius 3 is 2.83 bits per heavy atom. The highest BCUT2D eigenvalue weighted by molar-refractivity contribution is 7.89. The van der Waals surface area contributed by atoms with Gasteiger partial charge in [-0.25, -0.2) is 17.7 Å². The summed E-state index contributed by atoms with van der Waals surface area (Å²) in [5, 5.41) is 8.52. The minimum absolute atomic E-state index is 0.236. The lowest BCUT2D eigenvalue weighted by Gasteiger charge is -2.11. The van der Waals surface area contributed by atoms with Gasteiger partial charge in [0.05, 0.1) is 22.1 Å². The van der Waals surface area contributed by atoms with E-state index in [9.17, 15) is 8.42 Å². The Labute approximate surface area is 183 Å². The van der Waals surface area contributed by atoms with Crippen LogP contribution in [0.15, 0.2) is 46.0 Å². The van der Waals surface area contributed by atoms with Gasteiger partial charge >= 0.3 is 0 Å². The van der Waals surface area contributed by atoms with Gasteiger partial charge in [-0.3, -0.25) is 0 Å². The minimum atomic E-state index is -3.60. The summed E-state index contributed by atoms with van der Waals surface area (Å²) in [6.45, 7) is 4.76. The van der Waals surface area contributed by atoms with E-state index in [2.05, 4.69) is 14.8 Å². The fraction of sp³-hybridized carbons (Fsp3) is 0.300. The molecule has 1 N–H and O–H groups in total. The minimum Gasteiger partial charge on any atom is -0.493 e. The van der Waals surface area contributed by atoms with Crippen LogP contribution in [0.2, 0.25) is 0 Å². The quantitative estimate of drug-likeness (QED) is 0.404. The zero-order valence-electron chi connectivity index (χ0n) is 16.7. The van der Waals surface area contributed by atoms with Crippen molar-refractivity contribution < 1.29 is 13.2 Å². The topological polar surface area (TPSA) is 85.6 Å². The van der Waals surface area contributed by atoms with Crippen molar-refractivity contribution in [3.8, 4) is 16.5 Å². The molecule has 0 aliphatic heterocycles. The highest BCUT2D eigenvalue weighted by atomic mass is 32.2. The van der Waals surface area contributed by atoms with Gasteiger partial charge in [0, 0.05) is 18.3 Å². The zero-order chi connectivity index (χ0) is 21.1. The van der Waals surface area contributed by atoms with E-state index in [0.717, 1.165) is 27.5 Å². The summed E-state index contributed by atoms with van der Waals surface area (Å²) in [7, 11) is -3.60. The number of rotatable bonds is 9. The lowest BCUT2D eigenvalue weighted by atomic mass is 10.2. The molecule has 0 saturated carbocycles. The van der Waals surface area contributed by atoms with Crippen LogP contribution in [0.4, 0.5) is 0 Å². The Morgan fingerprint density at radius 1 is 1.23 bits per heavy atom. The van der Waals surface area contributed by atoms with E-state index in [0.29, 0.717) is 24.6 Å². The number of ether oxygens (including phenoxy) is 1. The summed E-state index contributed by atoms with van der Waals surface area (Å²) >= 11 is 3.09. The highest BCUT2D eigenvalue weighted by Gasteiger charge is 2.17. The van der Waals surface area contributed by atoms with Crippen molar-refractivity contribution in [1.29, 1.82) is 0 Å². The van der Waals surface area contributed by atoms with Crippen molar-refractivity contribution in [3.05, 3.63) is 52.3 Å². The first-order chi connectivity index (χ1) is 14.5. The van der Waals surface area contributed by atoms with Crippen LogP contribution in [-0.2, 0) is 16.4 Å². The molecule has 0 fully saturated rings. The lowest BCUT2D eigenvalue weighted by molar-refractivity contribution is 0.315. The van der Waals surface area contributed by atoms with E-state index in [1.807, 2.05) is 36.7 Å². The van der Waals surface area contributed by atoms with Crippen LogP contribution in [0, 0.1) is 6.92 Å². The summed E-state index contributed by atoms with van der Waals surface area (Å²) in [5.74, 6) is 1.41. The molecule has 0 aliphatic carbocycles. The Bertz CT molecular complexity index is 1240.